The first-order valence-corrected chi connectivity index (χ1v) is 9.59. The number of fused-ring (bicyclic) bond motifs is 1. The Labute approximate surface area is 166 Å². The maximum atomic E-state index is 13.0. The molecule has 2 N–H and O–H groups in total. The first kappa shape index (κ1) is 19.4. The van der Waals surface area contributed by atoms with Gasteiger partial charge in [-0.25, -0.2) is 18.7 Å². The van der Waals surface area contributed by atoms with Crippen LogP contribution >= 0.6 is 0 Å². The molecular weight excluding hydrogens is 378 g/mol. The lowest BCUT2D eigenvalue weighted by Crippen LogP contribution is -2.24. The largest absolute Gasteiger partial charge is 0.381 e. The summed E-state index contributed by atoms with van der Waals surface area (Å²) in [5.41, 5.74) is 3.63. The van der Waals surface area contributed by atoms with Crippen molar-refractivity contribution in [2.75, 3.05) is 13.2 Å². The molecule has 0 atom stereocenters. The number of carbonyl (C=O) groups excluding carboxylic acids is 1. The average molecular weight is 400 g/mol. The molecule has 0 bridgehead atoms. The normalized spacial score (nSPS) is 15.2. The van der Waals surface area contributed by atoms with E-state index in [2.05, 4.69) is 27.2 Å². The van der Waals surface area contributed by atoms with Crippen LogP contribution in [0.25, 0.3) is 10.9 Å². The van der Waals surface area contributed by atoms with E-state index in [0.29, 0.717) is 5.92 Å². The standard InChI is InChI=1S/C21H22F2N4O2/c1-12-15-8-13(2-3-17(15)27-18(12)14-4-6-29-7-5-14)9-25-21(28)16-10-24-11-26-19(16)20(22)23/h2-3,8,10-11,14,20,27H,4-7,9H2,1H3,(H,25,28). The van der Waals surface area contributed by atoms with Crippen molar-refractivity contribution in [1.29, 1.82) is 0 Å². The highest BCUT2D eigenvalue weighted by molar-refractivity contribution is 5.95. The Hall–Kier alpha value is -2.87. The minimum absolute atomic E-state index is 0.205. The van der Waals surface area contributed by atoms with Gasteiger partial charge in [0.05, 0.1) is 5.56 Å². The van der Waals surface area contributed by atoms with E-state index in [1.54, 1.807) is 0 Å². The lowest BCUT2D eigenvalue weighted by Gasteiger charge is -2.21. The minimum atomic E-state index is -2.83. The van der Waals surface area contributed by atoms with Crippen LogP contribution in [-0.2, 0) is 11.3 Å². The van der Waals surface area contributed by atoms with Crippen molar-refractivity contribution in [3.63, 3.8) is 0 Å². The fourth-order valence-corrected chi connectivity index (χ4v) is 3.86. The number of hydrogen-bond acceptors (Lipinski definition) is 4. The number of carbonyl (C=O) groups is 1. The van der Waals surface area contributed by atoms with Crippen LogP contribution in [0, 0.1) is 6.92 Å². The van der Waals surface area contributed by atoms with E-state index in [1.165, 1.54) is 11.3 Å². The predicted octanol–water partition coefficient (Wildman–Crippen LogP) is 4.03. The van der Waals surface area contributed by atoms with E-state index < -0.39 is 18.0 Å². The maximum absolute atomic E-state index is 13.0. The van der Waals surface area contributed by atoms with Crippen LogP contribution in [0.2, 0.25) is 0 Å². The Morgan fingerprint density at radius 1 is 1.34 bits per heavy atom. The summed E-state index contributed by atoms with van der Waals surface area (Å²) in [5.74, 6) is -0.153. The fourth-order valence-electron chi connectivity index (χ4n) is 3.86. The van der Waals surface area contributed by atoms with Gasteiger partial charge in [-0.1, -0.05) is 6.07 Å². The highest BCUT2D eigenvalue weighted by atomic mass is 19.3. The van der Waals surface area contributed by atoms with Crippen LogP contribution in [0.1, 0.15) is 58.1 Å². The molecule has 0 radical (unpaired) electrons. The van der Waals surface area contributed by atoms with Gasteiger partial charge >= 0.3 is 0 Å². The van der Waals surface area contributed by atoms with Crippen LogP contribution in [-0.4, -0.2) is 34.1 Å². The summed E-state index contributed by atoms with van der Waals surface area (Å²) in [6.45, 7) is 3.88. The molecular formula is C21H22F2N4O2. The Balaban J connectivity index is 1.52. The number of ether oxygens (including phenoxy) is 1. The summed E-state index contributed by atoms with van der Waals surface area (Å²) in [5, 5.41) is 3.79. The number of nitrogens with one attached hydrogen (secondary N) is 2. The first-order valence-electron chi connectivity index (χ1n) is 9.59. The topological polar surface area (TPSA) is 79.9 Å². The van der Waals surface area contributed by atoms with Crippen LogP contribution in [0.4, 0.5) is 8.78 Å². The van der Waals surface area contributed by atoms with E-state index in [1.807, 2.05) is 18.2 Å². The Morgan fingerprint density at radius 2 is 2.14 bits per heavy atom. The van der Waals surface area contributed by atoms with Gasteiger partial charge in [-0.05, 0) is 43.0 Å². The van der Waals surface area contributed by atoms with Gasteiger partial charge in [0.2, 0.25) is 0 Å². The summed E-state index contributed by atoms with van der Waals surface area (Å²) in [6.07, 6.45) is 1.30. The van der Waals surface area contributed by atoms with Gasteiger partial charge in [0.1, 0.15) is 12.0 Å². The lowest BCUT2D eigenvalue weighted by atomic mass is 9.93. The molecule has 0 unspecified atom stereocenters. The number of halogens is 2. The summed E-state index contributed by atoms with van der Waals surface area (Å²) in [6, 6.07) is 5.94. The van der Waals surface area contributed by atoms with Gasteiger partial charge in [-0.15, -0.1) is 0 Å². The molecule has 3 heterocycles. The molecule has 8 heteroatoms. The summed E-state index contributed by atoms with van der Waals surface area (Å²) < 4.78 is 31.5. The zero-order valence-electron chi connectivity index (χ0n) is 16.0. The number of amides is 1. The number of aromatic nitrogens is 3. The third kappa shape index (κ3) is 3.98. The molecule has 0 aliphatic carbocycles. The highest BCUT2D eigenvalue weighted by Gasteiger charge is 2.22. The maximum Gasteiger partial charge on any atom is 0.281 e. The van der Waals surface area contributed by atoms with Crippen LogP contribution in [0.5, 0.6) is 0 Å². The van der Waals surface area contributed by atoms with Gasteiger partial charge in [0.15, 0.2) is 0 Å². The van der Waals surface area contributed by atoms with E-state index in [-0.39, 0.29) is 12.1 Å². The van der Waals surface area contributed by atoms with E-state index >= 15 is 0 Å². The quantitative estimate of drug-likeness (QED) is 0.678. The summed E-state index contributed by atoms with van der Waals surface area (Å²) in [4.78, 5) is 23.1. The fraction of sp³-hybridized carbons (Fsp3) is 0.381. The number of benzene rings is 1. The second-order valence-corrected chi connectivity index (χ2v) is 7.24. The number of hydrogen-bond donors (Lipinski definition) is 2. The molecule has 1 aliphatic rings. The Morgan fingerprint density at radius 3 is 2.90 bits per heavy atom. The number of rotatable bonds is 5. The summed E-state index contributed by atoms with van der Waals surface area (Å²) in [7, 11) is 0. The zero-order valence-corrected chi connectivity index (χ0v) is 16.0. The van der Waals surface area contributed by atoms with Gasteiger partial charge in [-0.3, -0.25) is 4.79 Å². The molecule has 1 amide bonds. The lowest BCUT2D eigenvalue weighted by molar-refractivity contribution is 0.0845. The molecule has 1 saturated heterocycles. The van der Waals surface area contributed by atoms with Crippen molar-refractivity contribution in [2.24, 2.45) is 0 Å². The molecule has 1 aromatic carbocycles. The first-order chi connectivity index (χ1) is 14.0. The van der Waals surface area contributed by atoms with Crippen LogP contribution < -0.4 is 5.32 Å². The second-order valence-electron chi connectivity index (χ2n) is 7.24. The molecule has 1 aliphatic heterocycles. The molecule has 3 aromatic rings. The van der Waals surface area contributed by atoms with Gasteiger partial charge < -0.3 is 15.0 Å². The van der Waals surface area contributed by atoms with Gasteiger partial charge in [0.25, 0.3) is 12.3 Å². The second kappa shape index (κ2) is 8.24. The molecule has 2 aromatic heterocycles. The molecule has 6 nitrogen and oxygen atoms in total. The number of H-pyrrole nitrogens is 1. The monoisotopic (exact) mass is 400 g/mol. The Kier molecular flexibility index (Phi) is 5.53. The van der Waals surface area contributed by atoms with Crippen molar-refractivity contribution < 1.29 is 18.3 Å². The molecule has 1 fully saturated rings. The Bertz CT molecular complexity index is 1030. The number of aryl methyl sites for hydroxylation is 1. The van der Waals surface area contributed by atoms with Gasteiger partial charge in [-0.2, -0.15) is 0 Å². The van der Waals surface area contributed by atoms with Crippen molar-refractivity contribution in [2.45, 2.75) is 38.7 Å². The van der Waals surface area contributed by atoms with Gasteiger partial charge in [0, 0.05) is 48.5 Å². The highest BCUT2D eigenvalue weighted by Crippen LogP contribution is 2.33. The van der Waals surface area contributed by atoms with Crippen molar-refractivity contribution in [3.05, 3.63) is 58.8 Å². The molecule has 152 valence electrons. The van der Waals surface area contributed by atoms with Crippen LogP contribution in [0.15, 0.2) is 30.7 Å². The van der Waals surface area contributed by atoms with E-state index in [9.17, 15) is 13.6 Å². The third-order valence-corrected chi connectivity index (χ3v) is 5.44. The van der Waals surface area contributed by atoms with Crippen LogP contribution in [0.3, 0.4) is 0 Å². The number of aromatic amines is 1. The predicted molar refractivity (Wildman–Crippen MR) is 104 cm³/mol. The number of alkyl halides is 2. The molecule has 0 saturated carbocycles. The van der Waals surface area contributed by atoms with Crippen molar-refractivity contribution >= 4 is 16.8 Å². The molecule has 29 heavy (non-hydrogen) atoms. The van der Waals surface area contributed by atoms with E-state index in [0.717, 1.165) is 55.0 Å². The van der Waals surface area contributed by atoms with E-state index in [4.69, 9.17) is 4.74 Å². The average Bonchev–Trinajstić information content (AvgIpc) is 3.08. The minimum Gasteiger partial charge on any atom is -0.381 e. The summed E-state index contributed by atoms with van der Waals surface area (Å²) >= 11 is 0. The zero-order chi connectivity index (χ0) is 20.4. The van der Waals surface area contributed by atoms with Crippen molar-refractivity contribution in [3.8, 4) is 0 Å². The smallest absolute Gasteiger partial charge is 0.281 e. The number of nitrogens with zero attached hydrogens (tertiary/aromatic N) is 2. The van der Waals surface area contributed by atoms with Crippen molar-refractivity contribution in [1.82, 2.24) is 20.3 Å². The molecule has 0 spiro atoms. The molecule has 4 rings (SSSR count). The third-order valence-electron chi connectivity index (χ3n) is 5.44. The SMILES string of the molecule is Cc1c(C2CCOCC2)[nH]c2ccc(CNC(=O)c3cncnc3C(F)F)cc12.